The monoisotopic (exact) mass is 572 g/mol. The quantitative estimate of drug-likeness (QED) is 0.0716. The molecule has 1 N–H and O–H groups in total. The first-order valence-corrected chi connectivity index (χ1v) is 20.6. The van der Waals surface area contributed by atoms with Crippen molar-refractivity contribution in [2.45, 2.75) is 196 Å². The zero-order valence-electron chi connectivity index (χ0n) is 28.2. The van der Waals surface area contributed by atoms with E-state index in [4.69, 9.17) is 5.11 Å². The number of carboxylic acids is 1. The van der Waals surface area contributed by atoms with Gasteiger partial charge >= 0.3 is 5.97 Å². The molecule has 0 aliphatic heterocycles. The summed E-state index contributed by atoms with van der Waals surface area (Å²) in [5.74, 6) is -0.754. The van der Waals surface area contributed by atoms with Crippen LogP contribution in [0.4, 0.5) is 0 Å². The molecular formula is C36H76O2P+. The molecule has 0 rings (SSSR count). The van der Waals surface area contributed by atoms with Crippen molar-refractivity contribution in [2.75, 3.05) is 24.6 Å². The highest BCUT2D eigenvalue weighted by atomic mass is 31.2. The maximum atomic E-state index is 10.4. The summed E-state index contributed by atoms with van der Waals surface area (Å²) in [5, 5.41) is 8.60. The second-order valence-electron chi connectivity index (χ2n) is 12.5. The van der Waals surface area contributed by atoms with Gasteiger partial charge in [-0.3, -0.25) is 4.79 Å². The summed E-state index contributed by atoms with van der Waals surface area (Å²) in [6.45, 7) is 13.5. The lowest BCUT2D eigenvalue weighted by Gasteiger charge is -2.28. The Hall–Kier alpha value is -0.100. The molecule has 0 bridgehead atoms. The standard InChI is InChI=1S/C28H60P.C8H16O2/c1-5-9-13-14-15-16-17-18-19-20-21-22-23-24-28-29(25-10-6-2,26-11-7-3)27-12-8-4;1-3-5-6-7(4-2)8(9)10/h5-28H2,1-4H3;7H,3-6H2,1-2H3,(H,9,10)/q+1;. The predicted octanol–water partition coefficient (Wildman–Crippen LogP) is 13.2. The van der Waals surface area contributed by atoms with E-state index in [1.54, 1.807) is 31.1 Å². The van der Waals surface area contributed by atoms with Crippen molar-refractivity contribution in [3.05, 3.63) is 0 Å². The molecule has 3 heteroatoms. The van der Waals surface area contributed by atoms with Gasteiger partial charge in [0.15, 0.2) is 0 Å². The molecule has 0 spiro atoms. The summed E-state index contributed by atoms with van der Waals surface area (Å²) in [5.41, 5.74) is 0. The molecule has 0 saturated heterocycles. The molecule has 0 amide bonds. The Kier molecular flexibility index (Phi) is 34.1. The van der Waals surface area contributed by atoms with Gasteiger partial charge in [0.25, 0.3) is 0 Å². The number of carboxylic acid groups (broad SMARTS) is 1. The first-order chi connectivity index (χ1) is 19.0. The summed E-state index contributed by atoms with van der Waals surface area (Å²) in [6.07, 6.45) is 39.7. The summed E-state index contributed by atoms with van der Waals surface area (Å²) in [6, 6.07) is 0. The van der Waals surface area contributed by atoms with Crippen molar-refractivity contribution in [2.24, 2.45) is 5.92 Å². The Bertz CT molecular complexity index is 457. The molecule has 0 aromatic heterocycles. The lowest BCUT2D eigenvalue weighted by atomic mass is 10.00. The van der Waals surface area contributed by atoms with Gasteiger partial charge in [-0.1, -0.05) is 151 Å². The van der Waals surface area contributed by atoms with Crippen molar-refractivity contribution in [1.29, 1.82) is 0 Å². The van der Waals surface area contributed by atoms with E-state index in [1.807, 2.05) is 6.92 Å². The van der Waals surface area contributed by atoms with Crippen molar-refractivity contribution >= 4 is 13.2 Å². The minimum absolute atomic E-state index is 0.111. The lowest BCUT2D eigenvalue weighted by molar-refractivity contribution is -0.142. The molecule has 39 heavy (non-hydrogen) atoms. The van der Waals surface area contributed by atoms with Crippen LogP contribution in [0.1, 0.15) is 196 Å². The molecule has 0 aromatic carbocycles. The van der Waals surface area contributed by atoms with Crippen LogP contribution in [0.25, 0.3) is 0 Å². The van der Waals surface area contributed by atoms with Crippen LogP contribution in [-0.4, -0.2) is 35.7 Å². The van der Waals surface area contributed by atoms with Gasteiger partial charge in [-0.05, 0) is 44.9 Å². The fourth-order valence-corrected chi connectivity index (χ4v) is 10.9. The highest BCUT2D eigenvalue weighted by Crippen LogP contribution is 2.61. The SMILES string of the molecule is CCCCC(CC)C(=O)O.CCCCCCCCCCCCCCCC[P+](CCCC)(CCCC)CCCC. The molecule has 1 unspecified atom stereocenters. The van der Waals surface area contributed by atoms with Gasteiger partial charge in [0.2, 0.25) is 0 Å². The third-order valence-electron chi connectivity index (χ3n) is 8.69. The maximum Gasteiger partial charge on any atom is 0.306 e. The number of rotatable bonds is 29. The van der Waals surface area contributed by atoms with E-state index in [1.165, 1.54) is 122 Å². The zero-order chi connectivity index (χ0) is 29.5. The fourth-order valence-electron chi connectivity index (χ4n) is 5.75. The van der Waals surface area contributed by atoms with E-state index in [0.29, 0.717) is 0 Å². The van der Waals surface area contributed by atoms with E-state index >= 15 is 0 Å². The summed E-state index contributed by atoms with van der Waals surface area (Å²) in [7, 11) is -0.630. The molecule has 0 radical (unpaired) electrons. The Morgan fingerprint density at radius 1 is 0.462 bits per heavy atom. The minimum Gasteiger partial charge on any atom is -0.481 e. The second-order valence-corrected chi connectivity index (χ2v) is 17.0. The molecule has 0 aliphatic carbocycles. The van der Waals surface area contributed by atoms with Gasteiger partial charge < -0.3 is 5.11 Å². The molecule has 236 valence electrons. The second kappa shape index (κ2) is 32.4. The van der Waals surface area contributed by atoms with E-state index in [9.17, 15) is 4.79 Å². The van der Waals surface area contributed by atoms with E-state index in [-0.39, 0.29) is 5.92 Å². The van der Waals surface area contributed by atoms with Crippen LogP contribution in [0.2, 0.25) is 0 Å². The van der Waals surface area contributed by atoms with Gasteiger partial charge in [0, 0.05) is 7.26 Å². The van der Waals surface area contributed by atoms with Crippen LogP contribution in [0.15, 0.2) is 0 Å². The highest BCUT2D eigenvalue weighted by molar-refractivity contribution is 7.75. The number of hydrogen-bond donors (Lipinski definition) is 1. The molecule has 0 aromatic rings. The van der Waals surface area contributed by atoms with Gasteiger partial charge in [-0.2, -0.15) is 0 Å². The Morgan fingerprint density at radius 2 is 0.769 bits per heavy atom. The maximum absolute atomic E-state index is 10.4. The summed E-state index contributed by atoms with van der Waals surface area (Å²) < 4.78 is 0. The molecule has 1 atom stereocenters. The third kappa shape index (κ3) is 27.8. The van der Waals surface area contributed by atoms with Crippen molar-refractivity contribution in [1.82, 2.24) is 0 Å². The van der Waals surface area contributed by atoms with E-state index in [2.05, 4.69) is 34.6 Å². The summed E-state index contributed by atoms with van der Waals surface area (Å²) >= 11 is 0. The number of hydrogen-bond acceptors (Lipinski definition) is 1. The topological polar surface area (TPSA) is 37.3 Å². The number of carbonyl (C=O) groups is 1. The van der Waals surface area contributed by atoms with E-state index in [0.717, 1.165) is 25.7 Å². The Morgan fingerprint density at radius 3 is 1.08 bits per heavy atom. The van der Waals surface area contributed by atoms with Gasteiger partial charge in [-0.25, -0.2) is 0 Å². The lowest BCUT2D eigenvalue weighted by Crippen LogP contribution is -2.13. The Balaban J connectivity index is 0. The van der Waals surface area contributed by atoms with E-state index < -0.39 is 13.2 Å². The van der Waals surface area contributed by atoms with Crippen LogP contribution in [-0.2, 0) is 4.79 Å². The molecule has 0 saturated carbocycles. The predicted molar refractivity (Wildman–Crippen MR) is 182 cm³/mol. The number of aliphatic carboxylic acids is 1. The normalized spacial score (nSPS) is 12.3. The van der Waals surface area contributed by atoms with Gasteiger partial charge in [0.1, 0.15) is 0 Å². The average molecular weight is 572 g/mol. The fraction of sp³-hybridized carbons (Fsp3) is 0.972. The van der Waals surface area contributed by atoms with Crippen LogP contribution in [0, 0.1) is 5.92 Å². The third-order valence-corrected chi connectivity index (χ3v) is 13.8. The molecule has 0 heterocycles. The van der Waals surface area contributed by atoms with Gasteiger partial charge in [-0.15, -0.1) is 0 Å². The summed E-state index contributed by atoms with van der Waals surface area (Å²) in [4.78, 5) is 10.4. The van der Waals surface area contributed by atoms with Crippen LogP contribution in [0.5, 0.6) is 0 Å². The number of unbranched alkanes of at least 4 members (excludes halogenated alkanes) is 17. The van der Waals surface area contributed by atoms with Crippen LogP contribution >= 0.6 is 7.26 Å². The molecule has 0 fully saturated rings. The average Bonchev–Trinajstić information content (AvgIpc) is 2.94. The smallest absolute Gasteiger partial charge is 0.306 e. The molecule has 2 nitrogen and oxygen atoms in total. The van der Waals surface area contributed by atoms with Gasteiger partial charge in [0.05, 0.1) is 30.6 Å². The molecule has 0 aliphatic rings. The first-order valence-electron chi connectivity index (χ1n) is 18.0. The highest BCUT2D eigenvalue weighted by Gasteiger charge is 2.34. The first kappa shape index (κ1) is 41.0. The Labute approximate surface area is 249 Å². The van der Waals surface area contributed by atoms with Crippen molar-refractivity contribution < 1.29 is 9.90 Å². The zero-order valence-corrected chi connectivity index (χ0v) is 29.1. The van der Waals surface area contributed by atoms with Crippen molar-refractivity contribution in [3.8, 4) is 0 Å². The van der Waals surface area contributed by atoms with Crippen molar-refractivity contribution in [3.63, 3.8) is 0 Å². The largest absolute Gasteiger partial charge is 0.481 e. The van der Waals surface area contributed by atoms with Crippen LogP contribution < -0.4 is 0 Å². The molecular weight excluding hydrogens is 495 g/mol. The van der Waals surface area contributed by atoms with Crippen LogP contribution in [0.3, 0.4) is 0 Å². The minimum atomic E-state index is -0.643.